The van der Waals surface area contributed by atoms with Crippen LogP contribution in [0.5, 0.6) is 0 Å². The highest BCUT2D eigenvalue weighted by molar-refractivity contribution is 5.70. The summed E-state index contributed by atoms with van der Waals surface area (Å²) < 4.78 is 6.20. The van der Waals surface area contributed by atoms with Gasteiger partial charge in [0, 0.05) is 0 Å². The minimum Gasteiger partial charge on any atom is -0.481 e. The molecule has 1 N–H and O–H groups in total. The van der Waals surface area contributed by atoms with Gasteiger partial charge in [-0.25, -0.2) is 0 Å². The normalized spacial score (nSPS) is 50.2. The summed E-state index contributed by atoms with van der Waals surface area (Å²) in [6.45, 7) is 8.89. The number of fused-ring (bicyclic) bond motifs is 5. The van der Waals surface area contributed by atoms with Gasteiger partial charge in [-0.3, -0.25) is 4.79 Å². The molecule has 0 amide bonds. The Morgan fingerprint density at radius 3 is 2.61 bits per heavy atom. The maximum Gasteiger partial charge on any atom is 0.308 e. The lowest BCUT2D eigenvalue weighted by Gasteiger charge is -2.39. The van der Waals surface area contributed by atoms with Gasteiger partial charge in [-0.1, -0.05) is 20.8 Å². The van der Waals surface area contributed by atoms with Crippen molar-refractivity contribution < 1.29 is 14.6 Å². The van der Waals surface area contributed by atoms with E-state index in [1.807, 2.05) is 0 Å². The molecule has 1 unspecified atom stereocenters. The standard InChI is InChI=1S/C15H24O3/c1-8(13(16)17)11-7-9-10-5-6-15(4,12(9)18-11)14(10,2)3/h8-12H,5-7H2,1-4H3,(H,16,17)/t8?,9-,10+,11-,12-,15-/m1/s1. The predicted molar refractivity (Wildman–Crippen MR) is 68.2 cm³/mol. The van der Waals surface area contributed by atoms with Crippen molar-refractivity contribution in [3.63, 3.8) is 0 Å². The van der Waals surface area contributed by atoms with Crippen LogP contribution in [0.1, 0.15) is 47.0 Å². The number of rotatable bonds is 2. The third kappa shape index (κ3) is 1.26. The molecular formula is C15H24O3. The molecule has 3 heteroatoms. The topological polar surface area (TPSA) is 46.5 Å². The maximum atomic E-state index is 11.1. The minimum atomic E-state index is -0.725. The molecule has 0 radical (unpaired) electrons. The number of carbonyl (C=O) groups is 1. The highest BCUT2D eigenvalue weighted by Crippen LogP contribution is 2.71. The molecule has 3 fully saturated rings. The Hall–Kier alpha value is -0.570. The van der Waals surface area contributed by atoms with E-state index in [1.165, 1.54) is 12.8 Å². The van der Waals surface area contributed by atoms with Gasteiger partial charge in [0.05, 0.1) is 18.1 Å². The lowest BCUT2D eigenvalue weighted by Crippen LogP contribution is -2.38. The van der Waals surface area contributed by atoms with Gasteiger partial charge in [0.1, 0.15) is 0 Å². The second-order valence-corrected chi connectivity index (χ2v) is 7.41. The molecule has 18 heavy (non-hydrogen) atoms. The summed E-state index contributed by atoms with van der Waals surface area (Å²) in [7, 11) is 0. The molecule has 1 saturated heterocycles. The summed E-state index contributed by atoms with van der Waals surface area (Å²) in [5, 5.41) is 9.14. The van der Waals surface area contributed by atoms with Crippen molar-refractivity contribution in [3.8, 4) is 0 Å². The Labute approximate surface area is 109 Å². The minimum absolute atomic E-state index is 0.0754. The zero-order valence-electron chi connectivity index (χ0n) is 11.8. The van der Waals surface area contributed by atoms with Gasteiger partial charge >= 0.3 is 5.97 Å². The Balaban J connectivity index is 1.85. The van der Waals surface area contributed by atoms with Crippen LogP contribution in [0.15, 0.2) is 0 Å². The zero-order chi connectivity index (χ0) is 13.3. The van der Waals surface area contributed by atoms with Crippen molar-refractivity contribution in [2.45, 2.75) is 59.2 Å². The van der Waals surface area contributed by atoms with E-state index in [0.717, 1.165) is 12.3 Å². The van der Waals surface area contributed by atoms with Crippen LogP contribution in [-0.2, 0) is 9.53 Å². The quantitative estimate of drug-likeness (QED) is 0.822. The largest absolute Gasteiger partial charge is 0.481 e. The molecule has 0 aromatic heterocycles. The van der Waals surface area contributed by atoms with E-state index < -0.39 is 5.97 Å². The third-order valence-corrected chi connectivity index (χ3v) is 6.68. The number of hydrogen-bond acceptors (Lipinski definition) is 2. The molecule has 0 spiro atoms. The fourth-order valence-corrected chi connectivity index (χ4v) is 5.04. The van der Waals surface area contributed by atoms with Crippen molar-refractivity contribution in [2.75, 3.05) is 0 Å². The number of carboxylic acids is 1. The highest BCUT2D eigenvalue weighted by atomic mass is 16.5. The Bertz CT molecular complexity index is 389. The van der Waals surface area contributed by atoms with Crippen molar-refractivity contribution in [1.29, 1.82) is 0 Å². The molecule has 1 aliphatic heterocycles. The Morgan fingerprint density at radius 1 is 1.39 bits per heavy atom. The first-order valence-electron chi connectivity index (χ1n) is 7.17. The number of aliphatic carboxylic acids is 1. The zero-order valence-corrected chi connectivity index (χ0v) is 11.8. The number of hydrogen-bond donors (Lipinski definition) is 1. The summed E-state index contributed by atoms with van der Waals surface area (Å²) in [5.41, 5.74) is 0.592. The Morgan fingerprint density at radius 2 is 2.06 bits per heavy atom. The fraction of sp³-hybridized carbons (Fsp3) is 0.933. The lowest BCUT2D eigenvalue weighted by molar-refractivity contribution is -0.148. The SMILES string of the molecule is CC(C(=O)O)[C@H]1C[C@H]2[C@@H](O1)[C@@]1(C)CC[C@@H]2C1(C)C. The van der Waals surface area contributed by atoms with Crippen LogP contribution >= 0.6 is 0 Å². The van der Waals surface area contributed by atoms with E-state index in [2.05, 4.69) is 20.8 Å². The third-order valence-electron chi connectivity index (χ3n) is 6.68. The van der Waals surface area contributed by atoms with Gasteiger partial charge in [-0.05, 0) is 48.9 Å². The number of carboxylic acid groups (broad SMARTS) is 1. The van der Waals surface area contributed by atoms with Crippen molar-refractivity contribution in [1.82, 2.24) is 0 Å². The van der Waals surface area contributed by atoms with Crippen LogP contribution < -0.4 is 0 Å². The van der Waals surface area contributed by atoms with Gasteiger partial charge in [0.15, 0.2) is 0 Å². The molecule has 2 saturated carbocycles. The highest BCUT2D eigenvalue weighted by Gasteiger charge is 2.69. The van der Waals surface area contributed by atoms with Crippen molar-refractivity contribution >= 4 is 5.97 Å². The predicted octanol–water partition coefficient (Wildman–Crippen LogP) is 2.94. The molecule has 3 aliphatic rings. The molecule has 2 aliphatic carbocycles. The van der Waals surface area contributed by atoms with E-state index in [-0.39, 0.29) is 23.5 Å². The van der Waals surface area contributed by atoms with Crippen LogP contribution in [0.3, 0.4) is 0 Å². The van der Waals surface area contributed by atoms with Crippen LogP contribution in [0.4, 0.5) is 0 Å². The van der Waals surface area contributed by atoms with E-state index in [4.69, 9.17) is 9.84 Å². The second-order valence-electron chi connectivity index (χ2n) is 7.41. The summed E-state index contributed by atoms with van der Waals surface area (Å²) >= 11 is 0. The fourth-order valence-electron chi connectivity index (χ4n) is 5.04. The molecule has 2 bridgehead atoms. The average Bonchev–Trinajstić information content (AvgIpc) is 2.85. The van der Waals surface area contributed by atoms with Gasteiger partial charge in [0.25, 0.3) is 0 Å². The van der Waals surface area contributed by atoms with Gasteiger partial charge in [0.2, 0.25) is 0 Å². The van der Waals surface area contributed by atoms with Crippen LogP contribution in [0, 0.1) is 28.6 Å². The lowest BCUT2D eigenvalue weighted by atomic mass is 9.70. The Kier molecular flexibility index (Phi) is 2.42. The summed E-state index contributed by atoms with van der Waals surface area (Å²) in [6.07, 6.45) is 3.69. The monoisotopic (exact) mass is 252 g/mol. The van der Waals surface area contributed by atoms with E-state index in [1.54, 1.807) is 6.92 Å². The average molecular weight is 252 g/mol. The first-order valence-corrected chi connectivity index (χ1v) is 7.17. The van der Waals surface area contributed by atoms with E-state index >= 15 is 0 Å². The molecule has 102 valence electrons. The summed E-state index contributed by atoms with van der Waals surface area (Å²) in [4.78, 5) is 11.1. The first-order chi connectivity index (χ1) is 8.29. The molecule has 6 atom stereocenters. The van der Waals surface area contributed by atoms with Gasteiger partial charge in [-0.15, -0.1) is 0 Å². The van der Waals surface area contributed by atoms with E-state index in [0.29, 0.717) is 11.3 Å². The molecular weight excluding hydrogens is 228 g/mol. The van der Waals surface area contributed by atoms with E-state index in [9.17, 15) is 4.79 Å². The van der Waals surface area contributed by atoms with Crippen LogP contribution in [0.25, 0.3) is 0 Å². The molecule has 3 nitrogen and oxygen atoms in total. The van der Waals surface area contributed by atoms with Gasteiger partial charge < -0.3 is 9.84 Å². The smallest absolute Gasteiger partial charge is 0.308 e. The van der Waals surface area contributed by atoms with Crippen molar-refractivity contribution in [2.24, 2.45) is 28.6 Å². The van der Waals surface area contributed by atoms with Crippen LogP contribution in [-0.4, -0.2) is 23.3 Å². The summed E-state index contributed by atoms with van der Waals surface area (Å²) in [6, 6.07) is 0. The maximum absolute atomic E-state index is 11.1. The first kappa shape index (κ1) is 12.5. The van der Waals surface area contributed by atoms with Crippen LogP contribution in [0.2, 0.25) is 0 Å². The van der Waals surface area contributed by atoms with Gasteiger partial charge in [-0.2, -0.15) is 0 Å². The molecule has 3 rings (SSSR count). The van der Waals surface area contributed by atoms with Crippen molar-refractivity contribution in [3.05, 3.63) is 0 Å². The second kappa shape index (κ2) is 3.50. The molecule has 0 aromatic rings. The molecule has 1 heterocycles. The molecule has 0 aromatic carbocycles. The summed E-state index contributed by atoms with van der Waals surface area (Å²) in [5.74, 6) is 0.211. The number of ether oxygens (including phenoxy) is 1.